The van der Waals surface area contributed by atoms with Crippen molar-refractivity contribution in [2.75, 3.05) is 0 Å². The quantitative estimate of drug-likeness (QED) is 0.380. The molecule has 0 fully saturated rings. The molecule has 0 bridgehead atoms. The molecule has 0 saturated carbocycles. The third-order valence-electron chi connectivity index (χ3n) is 4.69. The van der Waals surface area contributed by atoms with Crippen molar-refractivity contribution in [3.63, 3.8) is 0 Å². The largest absolute Gasteiger partial charge is 0.273 e. The molecule has 0 unspecified atom stereocenters. The van der Waals surface area contributed by atoms with E-state index in [1.165, 1.54) is 22.5 Å². The second kappa shape index (κ2) is 7.20. The number of thiophene rings is 2. The highest BCUT2D eigenvalue weighted by Crippen LogP contribution is 2.27. The molecule has 1 aromatic carbocycles. The molecule has 0 spiro atoms. The van der Waals surface area contributed by atoms with Crippen molar-refractivity contribution in [2.24, 2.45) is 0 Å². The van der Waals surface area contributed by atoms with Gasteiger partial charge in [-0.1, -0.05) is 42.1 Å². The van der Waals surface area contributed by atoms with Crippen LogP contribution in [-0.4, -0.2) is 19.2 Å². The van der Waals surface area contributed by atoms with Crippen molar-refractivity contribution in [3.05, 3.63) is 79.6 Å². The van der Waals surface area contributed by atoms with Gasteiger partial charge in [-0.15, -0.1) is 32.9 Å². The second-order valence-corrected chi connectivity index (χ2v) is 9.33. The summed E-state index contributed by atoms with van der Waals surface area (Å²) in [5.41, 5.74) is 3.41. The van der Waals surface area contributed by atoms with E-state index in [0.29, 0.717) is 12.3 Å². The smallest absolute Gasteiger partial charge is 0.270 e. The van der Waals surface area contributed by atoms with E-state index in [9.17, 15) is 4.79 Å². The van der Waals surface area contributed by atoms with Gasteiger partial charge in [0, 0.05) is 10.6 Å². The number of hydrogen-bond donors (Lipinski definition) is 0. The standard InChI is InChI=1S/C20H16N4OS3/c1-13-5-2-3-6-14(13)12-28-20-22-21-19-23(11-15-7-4-9-26-15)18(25)17-16(24(19)20)8-10-27-17/h2-10H,11-12H2,1H3. The Morgan fingerprint density at radius 2 is 1.93 bits per heavy atom. The van der Waals surface area contributed by atoms with Gasteiger partial charge in [-0.25, -0.2) is 0 Å². The molecule has 28 heavy (non-hydrogen) atoms. The molecule has 0 aliphatic carbocycles. The summed E-state index contributed by atoms with van der Waals surface area (Å²) in [6.07, 6.45) is 0. The van der Waals surface area contributed by atoms with Crippen LogP contribution in [0, 0.1) is 6.92 Å². The number of thioether (sulfide) groups is 1. The zero-order chi connectivity index (χ0) is 19.1. The van der Waals surface area contributed by atoms with E-state index in [-0.39, 0.29) is 5.56 Å². The van der Waals surface area contributed by atoms with Crippen LogP contribution in [0.5, 0.6) is 0 Å². The van der Waals surface area contributed by atoms with Crippen molar-refractivity contribution in [3.8, 4) is 0 Å². The number of benzene rings is 1. The first kappa shape index (κ1) is 17.7. The van der Waals surface area contributed by atoms with Crippen molar-refractivity contribution in [1.29, 1.82) is 0 Å². The average molecular weight is 425 g/mol. The van der Waals surface area contributed by atoms with E-state index in [1.807, 2.05) is 39.4 Å². The minimum absolute atomic E-state index is 0.00578. The minimum Gasteiger partial charge on any atom is -0.270 e. The van der Waals surface area contributed by atoms with Crippen molar-refractivity contribution >= 4 is 50.4 Å². The summed E-state index contributed by atoms with van der Waals surface area (Å²) in [6.45, 7) is 2.63. The Balaban J connectivity index is 1.63. The van der Waals surface area contributed by atoms with Gasteiger partial charge in [0.15, 0.2) is 5.16 Å². The van der Waals surface area contributed by atoms with Crippen LogP contribution in [0.4, 0.5) is 0 Å². The van der Waals surface area contributed by atoms with E-state index < -0.39 is 0 Å². The van der Waals surface area contributed by atoms with Gasteiger partial charge in [-0.2, -0.15) is 0 Å². The first-order valence-corrected chi connectivity index (χ1v) is 11.5. The van der Waals surface area contributed by atoms with Gasteiger partial charge in [0.1, 0.15) is 4.70 Å². The predicted molar refractivity (Wildman–Crippen MR) is 117 cm³/mol. The molecule has 0 saturated heterocycles. The highest BCUT2D eigenvalue weighted by molar-refractivity contribution is 7.98. The SMILES string of the molecule is Cc1ccccc1CSc1nnc2n(Cc3cccs3)c(=O)c3sccc3n12. The summed E-state index contributed by atoms with van der Waals surface area (Å²) >= 11 is 4.75. The van der Waals surface area contributed by atoms with Crippen LogP contribution in [0.25, 0.3) is 16.0 Å². The molecule has 0 atom stereocenters. The Morgan fingerprint density at radius 1 is 1.04 bits per heavy atom. The molecule has 5 rings (SSSR count). The van der Waals surface area contributed by atoms with Crippen LogP contribution in [0.1, 0.15) is 16.0 Å². The highest BCUT2D eigenvalue weighted by Gasteiger charge is 2.18. The third kappa shape index (κ3) is 2.97. The van der Waals surface area contributed by atoms with Crippen LogP contribution in [0.2, 0.25) is 0 Å². The molecule has 5 aromatic rings. The first-order valence-electron chi connectivity index (χ1n) is 8.77. The van der Waals surface area contributed by atoms with E-state index in [1.54, 1.807) is 27.7 Å². The summed E-state index contributed by atoms with van der Waals surface area (Å²) in [4.78, 5) is 14.2. The van der Waals surface area contributed by atoms with Gasteiger partial charge >= 0.3 is 0 Å². The van der Waals surface area contributed by atoms with E-state index in [0.717, 1.165) is 26.0 Å². The molecule has 4 aromatic heterocycles. The fourth-order valence-corrected chi connectivity index (χ4v) is 5.74. The molecule has 0 amide bonds. The number of fused-ring (bicyclic) bond motifs is 3. The lowest BCUT2D eigenvalue weighted by molar-refractivity contribution is 0.775. The minimum atomic E-state index is -0.00578. The Kier molecular flexibility index (Phi) is 4.54. The van der Waals surface area contributed by atoms with E-state index in [4.69, 9.17) is 0 Å². The van der Waals surface area contributed by atoms with Gasteiger partial charge in [-0.3, -0.25) is 13.8 Å². The van der Waals surface area contributed by atoms with E-state index >= 15 is 0 Å². The van der Waals surface area contributed by atoms with Crippen LogP contribution in [-0.2, 0) is 12.3 Å². The summed E-state index contributed by atoms with van der Waals surface area (Å²) in [5.74, 6) is 1.40. The first-order chi connectivity index (χ1) is 13.7. The maximum Gasteiger partial charge on any atom is 0.273 e. The number of aryl methyl sites for hydroxylation is 1. The summed E-state index contributed by atoms with van der Waals surface area (Å²) in [7, 11) is 0. The van der Waals surface area contributed by atoms with Crippen LogP contribution in [0.15, 0.2) is 63.2 Å². The van der Waals surface area contributed by atoms with Gasteiger partial charge < -0.3 is 0 Å². The zero-order valence-corrected chi connectivity index (χ0v) is 17.5. The molecule has 0 N–H and O–H groups in total. The molecule has 4 heterocycles. The van der Waals surface area contributed by atoms with Crippen molar-refractivity contribution in [2.45, 2.75) is 24.4 Å². The second-order valence-electron chi connectivity index (χ2n) is 6.44. The number of hydrogen-bond acceptors (Lipinski definition) is 6. The zero-order valence-electron chi connectivity index (χ0n) is 15.0. The Morgan fingerprint density at radius 3 is 2.75 bits per heavy atom. The predicted octanol–water partition coefficient (Wildman–Crippen LogP) is 4.82. The summed E-state index contributed by atoms with van der Waals surface area (Å²) in [6, 6.07) is 14.4. The van der Waals surface area contributed by atoms with Gasteiger partial charge in [0.05, 0.1) is 12.1 Å². The molecule has 0 radical (unpaired) electrons. The van der Waals surface area contributed by atoms with Crippen LogP contribution < -0.4 is 5.56 Å². The third-order valence-corrected chi connectivity index (χ3v) is 7.43. The summed E-state index contributed by atoms with van der Waals surface area (Å²) < 4.78 is 4.49. The lowest BCUT2D eigenvalue weighted by Crippen LogP contribution is -2.22. The van der Waals surface area contributed by atoms with Gasteiger partial charge in [0.25, 0.3) is 5.56 Å². The normalized spacial score (nSPS) is 11.6. The van der Waals surface area contributed by atoms with Gasteiger partial charge in [-0.05, 0) is 40.9 Å². The molecular formula is C20H16N4OS3. The van der Waals surface area contributed by atoms with Crippen LogP contribution in [0.3, 0.4) is 0 Å². The fourth-order valence-electron chi connectivity index (χ4n) is 3.21. The Hall–Kier alpha value is -2.42. The molecule has 0 aliphatic heterocycles. The molecular weight excluding hydrogens is 408 g/mol. The monoisotopic (exact) mass is 424 g/mol. The average Bonchev–Trinajstić information content (AvgIpc) is 3.44. The number of aromatic nitrogens is 4. The molecule has 140 valence electrons. The molecule has 0 aliphatic rings. The molecule has 8 heteroatoms. The Labute approximate surface area is 173 Å². The maximum absolute atomic E-state index is 13.1. The lowest BCUT2D eigenvalue weighted by atomic mass is 10.1. The fraction of sp³-hybridized carbons (Fsp3) is 0.150. The molecule has 5 nitrogen and oxygen atoms in total. The topological polar surface area (TPSA) is 52.2 Å². The lowest BCUT2D eigenvalue weighted by Gasteiger charge is -2.09. The highest BCUT2D eigenvalue weighted by atomic mass is 32.2. The van der Waals surface area contributed by atoms with Crippen LogP contribution >= 0.6 is 34.4 Å². The van der Waals surface area contributed by atoms with E-state index in [2.05, 4.69) is 35.3 Å². The number of rotatable bonds is 5. The Bertz CT molecular complexity index is 1330. The summed E-state index contributed by atoms with van der Waals surface area (Å²) in [5, 5.41) is 13.6. The van der Waals surface area contributed by atoms with Crippen molar-refractivity contribution in [1.82, 2.24) is 19.2 Å². The maximum atomic E-state index is 13.1. The van der Waals surface area contributed by atoms with Gasteiger partial charge in [0.2, 0.25) is 5.78 Å². The van der Waals surface area contributed by atoms with Crippen molar-refractivity contribution < 1.29 is 0 Å². The number of nitrogens with zero attached hydrogens (tertiary/aromatic N) is 4.